The fourth-order valence-electron chi connectivity index (χ4n) is 2.49. The number of carbonyl (C=O) groups excluding carboxylic acids is 1. The maximum atomic E-state index is 12.1. The van der Waals surface area contributed by atoms with Crippen LogP contribution in [-0.2, 0) is 14.3 Å². The summed E-state index contributed by atoms with van der Waals surface area (Å²) in [6, 6.07) is -0.331. The molecule has 2 N–H and O–H groups in total. The van der Waals surface area contributed by atoms with Crippen LogP contribution in [0.15, 0.2) is 0 Å². The summed E-state index contributed by atoms with van der Waals surface area (Å²) < 4.78 is 10.1. The first-order valence-corrected chi connectivity index (χ1v) is 6.94. The van der Waals surface area contributed by atoms with E-state index in [0.717, 1.165) is 6.42 Å². The molecule has 7 heteroatoms. The van der Waals surface area contributed by atoms with Crippen molar-refractivity contribution in [3.8, 4) is 0 Å². The molecule has 1 rings (SSSR count). The number of nitrogens with one attached hydrogen (secondary N) is 1. The van der Waals surface area contributed by atoms with Crippen molar-refractivity contribution in [2.24, 2.45) is 0 Å². The first-order chi connectivity index (χ1) is 9.58. The smallest absolute Gasteiger partial charge is 0.329 e. The van der Waals surface area contributed by atoms with Crippen LogP contribution in [0.4, 0.5) is 4.79 Å². The van der Waals surface area contributed by atoms with E-state index in [0.29, 0.717) is 45.8 Å². The molecule has 0 radical (unpaired) electrons. The minimum absolute atomic E-state index is 0.331. The van der Waals surface area contributed by atoms with E-state index in [2.05, 4.69) is 5.32 Å². The van der Waals surface area contributed by atoms with Crippen LogP contribution >= 0.6 is 0 Å². The lowest BCUT2D eigenvalue weighted by atomic mass is 9.93. The number of nitrogens with zero attached hydrogens (tertiary/aromatic N) is 1. The van der Waals surface area contributed by atoms with Gasteiger partial charge in [0.15, 0.2) is 0 Å². The second-order valence-corrected chi connectivity index (χ2v) is 4.78. The highest BCUT2D eigenvalue weighted by Gasteiger charge is 2.48. The molecule has 0 spiro atoms. The molecule has 7 nitrogen and oxygen atoms in total. The van der Waals surface area contributed by atoms with Gasteiger partial charge in [-0.05, 0) is 19.3 Å². The van der Waals surface area contributed by atoms with Crippen molar-refractivity contribution in [2.45, 2.75) is 31.7 Å². The van der Waals surface area contributed by atoms with Gasteiger partial charge in [0.1, 0.15) is 5.54 Å². The van der Waals surface area contributed by atoms with Gasteiger partial charge in [0.25, 0.3) is 0 Å². The van der Waals surface area contributed by atoms with Crippen molar-refractivity contribution >= 4 is 12.0 Å². The summed E-state index contributed by atoms with van der Waals surface area (Å²) in [5.74, 6) is -0.927. The van der Waals surface area contributed by atoms with Crippen molar-refractivity contribution in [3.63, 3.8) is 0 Å². The average Bonchev–Trinajstić information content (AvgIpc) is 2.87. The third-order valence-electron chi connectivity index (χ3n) is 3.67. The zero-order valence-electron chi connectivity index (χ0n) is 12.2. The van der Waals surface area contributed by atoms with Gasteiger partial charge in [-0.2, -0.15) is 0 Å². The third kappa shape index (κ3) is 3.83. The Kier molecular flexibility index (Phi) is 6.74. The Balaban J connectivity index is 2.40. The molecule has 0 aromatic rings. The zero-order valence-corrected chi connectivity index (χ0v) is 12.2. The Hall–Kier alpha value is -1.34. The molecule has 116 valence electrons. The Morgan fingerprint density at radius 3 is 2.70 bits per heavy atom. The Labute approximate surface area is 119 Å². The molecule has 1 heterocycles. The Morgan fingerprint density at radius 2 is 2.10 bits per heavy atom. The van der Waals surface area contributed by atoms with Crippen LogP contribution in [0, 0.1) is 0 Å². The van der Waals surface area contributed by atoms with Gasteiger partial charge in [0, 0.05) is 20.2 Å². The van der Waals surface area contributed by atoms with Crippen molar-refractivity contribution in [3.05, 3.63) is 0 Å². The number of carbonyl (C=O) groups is 2. The van der Waals surface area contributed by atoms with Crippen molar-refractivity contribution in [2.75, 3.05) is 40.0 Å². The van der Waals surface area contributed by atoms with Crippen LogP contribution < -0.4 is 5.32 Å². The maximum absolute atomic E-state index is 12.1. The summed E-state index contributed by atoms with van der Waals surface area (Å²) in [4.78, 5) is 25.0. The van der Waals surface area contributed by atoms with Crippen LogP contribution in [0.2, 0.25) is 0 Å². The van der Waals surface area contributed by atoms with E-state index in [1.165, 1.54) is 4.90 Å². The van der Waals surface area contributed by atoms with E-state index < -0.39 is 11.5 Å². The van der Waals surface area contributed by atoms with Gasteiger partial charge < -0.3 is 24.8 Å². The molecule has 1 unspecified atom stereocenters. The highest BCUT2D eigenvalue weighted by Crippen LogP contribution is 2.32. The number of rotatable bonds is 8. The summed E-state index contributed by atoms with van der Waals surface area (Å²) in [7, 11) is 1.59. The standard InChI is InChI=1S/C13H24N2O5/c1-3-13(11(16)17)5-4-7-15(13)12(18)14-6-8-20-10-9-19-2/h3-10H2,1-2H3,(H,14,18)(H,16,17). The van der Waals surface area contributed by atoms with E-state index in [4.69, 9.17) is 9.47 Å². The molecular weight excluding hydrogens is 264 g/mol. The van der Waals surface area contributed by atoms with Gasteiger partial charge in [0.2, 0.25) is 0 Å². The lowest BCUT2D eigenvalue weighted by molar-refractivity contribution is -0.148. The SMILES string of the molecule is CCC1(C(=O)O)CCCN1C(=O)NCCOCCOC. The van der Waals surface area contributed by atoms with E-state index in [9.17, 15) is 14.7 Å². The maximum Gasteiger partial charge on any atom is 0.329 e. The molecule has 1 atom stereocenters. The molecular formula is C13H24N2O5. The summed E-state index contributed by atoms with van der Waals surface area (Å²) in [5, 5.41) is 12.1. The summed E-state index contributed by atoms with van der Waals surface area (Å²) >= 11 is 0. The van der Waals surface area contributed by atoms with Crippen LogP contribution in [0.5, 0.6) is 0 Å². The van der Waals surface area contributed by atoms with Crippen LogP contribution in [0.25, 0.3) is 0 Å². The Morgan fingerprint density at radius 1 is 1.35 bits per heavy atom. The van der Waals surface area contributed by atoms with Crippen LogP contribution in [-0.4, -0.2) is 67.6 Å². The minimum Gasteiger partial charge on any atom is -0.479 e. The molecule has 0 aliphatic carbocycles. The predicted molar refractivity (Wildman–Crippen MR) is 72.7 cm³/mol. The van der Waals surface area contributed by atoms with E-state index in [1.54, 1.807) is 14.0 Å². The van der Waals surface area contributed by atoms with Gasteiger partial charge >= 0.3 is 12.0 Å². The third-order valence-corrected chi connectivity index (χ3v) is 3.67. The normalized spacial score (nSPS) is 22.0. The Bertz CT molecular complexity index is 337. The van der Waals surface area contributed by atoms with E-state index in [-0.39, 0.29) is 6.03 Å². The summed E-state index contributed by atoms with van der Waals surface area (Å²) in [5.41, 5.74) is -1.05. The van der Waals surface area contributed by atoms with Gasteiger partial charge in [-0.15, -0.1) is 0 Å². The fraction of sp³-hybridized carbons (Fsp3) is 0.846. The largest absolute Gasteiger partial charge is 0.479 e. The highest BCUT2D eigenvalue weighted by atomic mass is 16.5. The topological polar surface area (TPSA) is 88.1 Å². The number of amides is 2. The quantitative estimate of drug-likeness (QED) is 0.642. The van der Waals surface area contributed by atoms with Gasteiger partial charge in [-0.25, -0.2) is 9.59 Å². The summed E-state index contributed by atoms with van der Waals surface area (Å²) in [6.45, 7) is 4.01. The zero-order chi connectivity index (χ0) is 15.0. The number of methoxy groups -OCH3 is 1. The molecule has 2 amide bonds. The number of carboxylic acids is 1. The number of hydrogen-bond donors (Lipinski definition) is 2. The van der Waals surface area contributed by atoms with Crippen molar-refractivity contribution in [1.82, 2.24) is 10.2 Å². The number of urea groups is 1. The molecule has 0 bridgehead atoms. The number of hydrogen-bond acceptors (Lipinski definition) is 4. The lowest BCUT2D eigenvalue weighted by Gasteiger charge is -2.33. The lowest BCUT2D eigenvalue weighted by Crippen LogP contribution is -2.56. The predicted octanol–water partition coefficient (Wildman–Crippen LogP) is 0.688. The van der Waals surface area contributed by atoms with Crippen LogP contribution in [0.3, 0.4) is 0 Å². The monoisotopic (exact) mass is 288 g/mol. The molecule has 1 aliphatic heterocycles. The molecule has 20 heavy (non-hydrogen) atoms. The van der Waals surface area contributed by atoms with E-state index >= 15 is 0 Å². The van der Waals surface area contributed by atoms with E-state index in [1.807, 2.05) is 0 Å². The minimum atomic E-state index is -1.05. The first kappa shape index (κ1) is 16.7. The number of ether oxygens (including phenoxy) is 2. The first-order valence-electron chi connectivity index (χ1n) is 6.94. The molecule has 0 aromatic carbocycles. The highest BCUT2D eigenvalue weighted by molar-refractivity contribution is 5.87. The second kappa shape index (κ2) is 8.06. The van der Waals surface area contributed by atoms with Crippen molar-refractivity contribution in [1.29, 1.82) is 0 Å². The molecule has 1 saturated heterocycles. The molecule has 0 saturated carbocycles. The average molecular weight is 288 g/mol. The molecule has 1 aliphatic rings. The number of carboxylic acid groups (broad SMARTS) is 1. The van der Waals surface area contributed by atoms with Gasteiger partial charge in [0.05, 0.1) is 19.8 Å². The molecule has 0 aromatic heterocycles. The summed E-state index contributed by atoms with van der Waals surface area (Å²) in [6.07, 6.45) is 1.65. The molecule has 1 fully saturated rings. The number of likely N-dealkylation sites (tertiary alicyclic amines) is 1. The second-order valence-electron chi connectivity index (χ2n) is 4.78. The van der Waals surface area contributed by atoms with Gasteiger partial charge in [-0.1, -0.05) is 6.92 Å². The number of aliphatic carboxylic acids is 1. The van der Waals surface area contributed by atoms with Crippen LogP contribution in [0.1, 0.15) is 26.2 Å². The van der Waals surface area contributed by atoms with Crippen molar-refractivity contribution < 1.29 is 24.2 Å². The fourth-order valence-corrected chi connectivity index (χ4v) is 2.49. The van der Waals surface area contributed by atoms with Gasteiger partial charge in [-0.3, -0.25) is 0 Å².